The number of alkyl halides is 3. The first-order chi connectivity index (χ1) is 15.2. The van der Waals surface area contributed by atoms with Crippen LogP contribution < -0.4 is 5.32 Å². The number of aliphatic hydroxyl groups is 1. The first-order valence-electron chi connectivity index (χ1n) is 10.3. The molecule has 0 spiro atoms. The fourth-order valence-electron chi connectivity index (χ4n) is 3.66. The number of morpholine rings is 1. The van der Waals surface area contributed by atoms with Crippen LogP contribution >= 0.6 is 0 Å². The molecule has 1 aliphatic heterocycles. The third-order valence-electron chi connectivity index (χ3n) is 5.70. The van der Waals surface area contributed by atoms with E-state index in [-0.39, 0.29) is 37.5 Å². The standard InChI is InChI=1S/C23H23F3N2O4/c24-23(25,26)17-7-1-14(2-8-17)11-28-19(12-32-13-20(28)29)21(30)15-5-9-18(10-6-15)27-22(31)16-3-4-16/h1-2,5-10,16,19,21,30H,3-4,11-13H2,(H,27,31)/t19-,21-/m1/s1. The molecular formula is C23H23F3N2O4. The quantitative estimate of drug-likeness (QED) is 0.709. The van der Waals surface area contributed by atoms with E-state index in [0.29, 0.717) is 16.8 Å². The number of hydrogen-bond donors (Lipinski definition) is 2. The highest BCUT2D eigenvalue weighted by Gasteiger charge is 2.35. The fourth-order valence-corrected chi connectivity index (χ4v) is 3.66. The van der Waals surface area contributed by atoms with Gasteiger partial charge in [0.25, 0.3) is 0 Å². The predicted molar refractivity (Wildman–Crippen MR) is 109 cm³/mol. The number of carbonyl (C=O) groups excluding carboxylic acids is 2. The molecule has 1 saturated heterocycles. The van der Waals surface area contributed by atoms with Gasteiger partial charge >= 0.3 is 6.18 Å². The number of anilines is 1. The van der Waals surface area contributed by atoms with E-state index in [1.54, 1.807) is 24.3 Å². The number of aliphatic hydroxyl groups excluding tert-OH is 1. The Balaban J connectivity index is 1.46. The number of ether oxygens (including phenoxy) is 1. The maximum atomic E-state index is 12.8. The van der Waals surface area contributed by atoms with E-state index >= 15 is 0 Å². The van der Waals surface area contributed by atoms with E-state index in [1.807, 2.05) is 0 Å². The molecule has 0 radical (unpaired) electrons. The first-order valence-corrected chi connectivity index (χ1v) is 10.3. The Labute approximate surface area is 183 Å². The van der Waals surface area contributed by atoms with Crippen LogP contribution in [0.2, 0.25) is 0 Å². The highest BCUT2D eigenvalue weighted by Crippen LogP contribution is 2.32. The summed E-state index contributed by atoms with van der Waals surface area (Å²) in [6, 6.07) is 10.6. The maximum absolute atomic E-state index is 12.8. The summed E-state index contributed by atoms with van der Waals surface area (Å²) < 4.78 is 43.7. The van der Waals surface area contributed by atoms with Crippen molar-refractivity contribution in [2.75, 3.05) is 18.5 Å². The smallest absolute Gasteiger partial charge is 0.386 e. The summed E-state index contributed by atoms with van der Waals surface area (Å²) in [4.78, 5) is 25.8. The number of benzene rings is 2. The second-order valence-corrected chi connectivity index (χ2v) is 8.13. The Hall–Kier alpha value is -2.91. The molecule has 2 amide bonds. The first kappa shape index (κ1) is 22.3. The van der Waals surface area contributed by atoms with Crippen molar-refractivity contribution in [3.63, 3.8) is 0 Å². The van der Waals surface area contributed by atoms with E-state index < -0.39 is 23.9 Å². The zero-order chi connectivity index (χ0) is 22.9. The van der Waals surface area contributed by atoms with Gasteiger partial charge in [-0.25, -0.2) is 0 Å². The average Bonchev–Trinajstić information content (AvgIpc) is 3.61. The Bertz CT molecular complexity index is 972. The molecule has 2 aromatic carbocycles. The van der Waals surface area contributed by atoms with E-state index in [9.17, 15) is 27.9 Å². The molecule has 2 fully saturated rings. The van der Waals surface area contributed by atoms with Gasteiger partial charge in [0.1, 0.15) is 12.7 Å². The topological polar surface area (TPSA) is 78.9 Å². The molecule has 0 aromatic heterocycles. The molecule has 1 heterocycles. The number of rotatable bonds is 6. The van der Waals surface area contributed by atoms with Gasteiger partial charge in [-0.2, -0.15) is 13.2 Å². The molecule has 4 rings (SSSR count). The Morgan fingerprint density at radius 1 is 1.12 bits per heavy atom. The van der Waals surface area contributed by atoms with Crippen LogP contribution in [0.3, 0.4) is 0 Å². The van der Waals surface area contributed by atoms with Crippen molar-refractivity contribution in [1.29, 1.82) is 0 Å². The van der Waals surface area contributed by atoms with Gasteiger partial charge in [0.05, 0.1) is 18.2 Å². The minimum Gasteiger partial charge on any atom is -0.386 e. The molecule has 0 bridgehead atoms. The third-order valence-corrected chi connectivity index (χ3v) is 5.70. The van der Waals surface area contributed by atoms with Crippen molar-refractivity contribution in [3.8, 4) is 0 Å². The number of halogens is 3. The highest BCUT2D eigenvalue weighted by atomic mass is 19.4. The van der Waals surface area contributed by atoms with Crippen LogP contribution in [0.15, 0.2) is 48.5 Å². The molecule has 170 valence electrons. The molecule has 0 unspecified atom stereocenters. The number of hydrogen-bond acceptors (Lipinski definition) is 4. The predicted octanol–water partition coefficient (Wildman–Crippen LogP) is 3.51. The highest BCUT2D eigenvalue weighted by molar-refractivity contribution is 5.94. The normalized spacial score (nSPS) is 20.2. The van der Waals surface area contributed by atoms with Crippen LogP contribution in [0.5, 0.6) is 0 Å². The van der Waals surface area contributed by atoms with Gasteiger partial charge in [-0.05, 0) is 48.2 Å². The van der Waals surface area contributed by atoms with Gasteiger partial charge in [-0.1, -0.05) is 24.3 Å². The van der Waals surface area contributed by atoms with Crippen LogP contribution in [0.25, 0.3) is 0 Å². The summed E-state index contributed by atoms with van der Waals surface area (Å²) in [6.45, 7) is -0.0126. The number of carbonyl (C=O) groups is 2. The van der Waals surface area contributed by atoms with Crippen molar-refractivity contribution < 1.29 is 32.6 Å². The van der Waals surface area contributed by atoms with Crippen LogP contribution in [0, 0.1) is 5.92 Å². The molecule has 2 aromatic rings. The van der Waals surface area contributed by atoms with Crippen LogP contribution in [-0.4, -0.2) is 41.1 Å². The third kappa shape index (κ3) is 5.11. The van der Waals surface area contributed by atoms with E-state index in [2.05, 4.69) is 5.32 Å². The van der Waals surface area contributed by atoms with E-state index in [1.165, 1.54) is 17.0 Å². The van der Waals surface area contributed by atoms with Crippen molar-refractivity contribution in [3.05, 3.63) is 65.2 Å². The van der Waals surface area contributed by atoms with Gasteiger partial charge < -0.3 is 20.1 Å². The van der Waals surface area contributed by atoms with Crippen LogP contribution in [0.1, 0.15) is 35.6 Å². The zero-order valence-electron chi connectivity index (χ0n) is 17.1. The van der Waals surface area contributed by atoms with Gasteiger partial charge in [0.15, 0.2) is 0 Å². The molecule has 2 atom stereocenters. The lowest BCUT2D eigenvalue weighted by molar-refractivity contribution is -0.155. The molecule has 6 nitrogen and oxygen atoms in total. The van der Waals surface area contributed by atoms with Crippen molar-refractivity contribution >= 4 is 17.5 Å². The van der Waals surface area contributed by atoms with Crippen molar-refractivity contribution in [2.45, 2.75) is 37.7 Å². The second-order valence-electron chi connectivity index (χ2n) is 8.13. The Kier molecular flexibility index (Phi) is 6.21. The molecule has 2 N–H and O–H groups in total. The molecule has 2 aliphatic rings. The minimum atomic E-state index is -4.43. The van der Waals surface area contributed by atoms with Crippen molar-refractivity contribution in [1.82, 2.24) is 4.90 Å². The summed E-state index contributed by atoms with van der Waals surface area (Å²) in [7, 11) is 0. The summed E-state index contributed by atoms with van der Waals surface area (Å²) in [6.07, 6.45) is -3.71. The zero-order valence-corrected chi connectivity index (χ0v) is 17.1. The minimum absolute atomic E-state index is 0.0210. The number of nitrogens with one attached hydrogen (secondary N) is 1. The largest absolute Gasteiger partial charge is 0.416 e. The fraction of sp³-hybridized carbons (Fsp3) is 0.391. The maximum Gasteiger partial charge on any atom is 0.416 e. The molecule has 1 aliphatic carbocycles. The summed E-state index contributed by atoms with van der Waals surface area (Å²) in [5.74, 6) is -0.301. The van der Waals surface area contributed by atoms with Gasteiger partial charge in [-0.15, -0.1) is 0 Å². The SMILES string of the molecule is O=C(Nc1ccc([C@@H](O)[C@H]2COCC(=O)N2Cc2ccc(C(F)(F)F)cc2)cc1)C1CC1. The summed E-state index contributed by atoms with van der Waals surface area (Å²) >= 11 is 0. The lowest BCUT2D eigenvalue weighted by atomic mass is 9.99. The van der Waals surface area contributed by atoms with Gasteiger partial charge in [0.2, 0.25) is 11.8 Å². The molecule has 9 heteroatoms. The molecule has 1 saturated carbocycles. The van der Waals surface area contributed by atoms with E-state index in [0.717, 1.165) is 25.0 Å². The lowest BCUT2D eigenvalue weighted by Gasteiger charge is -2.38. The van der Waals surface area contributed by atoms with Crippen LogP contribution in [0.4, 0.5) is 18.9 Å². The van der Waals surface area contributed by atoms with Gasteiger partial charge in [0, 0.05) is 18.2 Å². The van der Waals surface area contributed by atoms with E-state index in [4.69, 9.17) is 4.74 Å². The van der Waals surface area contributed by atoms with Gasteiger partial charge in [-0.3, -0.25) is 9.59 Å². The monoisotopic (exact) mass is 448 g/mol. The average molecular weight is 448 g/mol. The lowest BCUT2D eigenvalue weighted by Crippen LogP contribution is -2.51. The Morgan fingerprint density at radius 3 is 2.38 bits per heavy atom. The molecular weight excluding hydrogens is 425 g/mol. The summed E-state index contributed by atoms with van der Waals surface area (Å²) in [5, 5.41) is 13.7. The Morgan fingerprint density at radius 2 is 1.78 bits per heavy atom. The number of nitrogens with zero attached hydrogens (tertiary/aromatic N) is 1. The van der Waals surface area contributed by atoms with Crippen LogP contribution in [-0.2, 0) is 27.0 Å². The van der Waals surface area contributed by atoms with Crippen molar-refractivity contribution in [2.24, 2.45) is 5.92 Å². The number of amides is 2. The molecule has 32 heavy (non-hydrogen) atoms. The summed E-state index contributed by atoms with van der Waals surface area (Å²) in [5.41, 5.74) is 0.911. The second kappa shape index (κ2) is 8.91.